The van der Waals surface area contributed by atoms with Gasteiger partial charge in [0.15, 0.2) is 0 Å². The van der Waals surface area contributed by atoms with E-state index in [1.807, 2.05) is 21.1 Å². The lowest BCUT2D eigenvalue weighted by molar-refractivity contribution is -0.870. The molecule has 0 radical (unpaired) electrons. The molecule has 0 bridgehead atoms. The lowest BCUT2D eigenvalue weighted by atomic mass is 10.0. The zero-order valence-corrected chi connectivity index (χ0v) is 34.2. The Labute approximate surface area is 313 Å². The van der Waals surface area contributed by atoms with Gasteiger partial charge in [0.2, 0.25) is 5.91 Å². The van der Waals surface area contributed by atoms with Crippen LogP contribution in [0.5, 0.6) is 0 Å². The number of allylic oxidation sites excluding steroid dienone is 10. The number of phosphoric acid groups is 1. The van der Waals surface area contributed by atoms with Gasteiger partial charge in [-0.1, -0.05) is 145 Å². The maximum absolute atomic E-state index is 12.8. The molecular weight excluding hydrogens is 659 g/mol. The molecule has 0 rings (SSSR count). The van der Waals surface area contributed by atoms with Crippen LogP contribution in [-0.4, -0.2) is 73.4 Å². The molecule has 0 aliphatic rings. The monoisotopic (exact) mass is 738 g/mol. The summed E-state index contributed by atoms with van der Waals surface area (Å²) in [5, 5.41) is 13.8. The number of nitrogens with zero attached hydrogens (tertiary/aromatic N) is 1. The molecule has 0 aliphatic carbocycles. The second kappa shape index (κ2) is 34.0. The van der Waals surface area contributed by atoms with Gasteiger partial charge in [-0.2, -0.15) is 0 Å². The smallest absolute Gasteiger partial charge is 0.391 e. The van der Waals surface area contributed by atoms with Crippen molar-refractivity contribution in [2.24, 2.45) is 0 Å². The first kappa shape index (κ1) is 49.2. The Hall–Kier alpha value is -1.80. The van der Waals surface area contributed by atoms with E-state index in [-0.39, 0.29) is 19.1 Å². The summed E-state index contributed by atoms with van der Waals surface area (Å²) >= 11 is 0. The summed E-state index contributed by atoms with van der Waals surface area (Å²) in [4.78, 5) is 23.0. The largest absolute Gasteiger partial charge is 0.472 e. The van der Waals surface area contributed by atoms with Gasteiger partial charge in [0.05, 0.1) is 39.9 Å². The normalized spacial score (nSPS) is 15.2. The molecule has 296 valence electrons. The van der Waals surface area contributed by atoms with Gasteiger partial charge in [-0.25, -0.2) is 4.57 Å². The van der Waals surface area contributed by atoms with E-state index in [9.17, 15) is 19.4 Å². The van der Waals surface area contributed by atoms with Gasteiger partial charge in [0.1, 0.15) is 13.2 Å². The van der Waals surface area contributed by atoms with E-state index in [0.29, 0.717) is 23.9 Å². The molecule has 8 nitrogen and oxygen atoms in total. The van der Waals surface area contributed by atoms with Crippen LogP contribution in [0.3, 0.4) is 0 Å². The summed E-state index contributed by atoms with van der Waals surface area (Å²) in [5.41, 5.74) is 0. The van der Waals surface area contributed by atoms with Crippen LogP contribution in [0, 0.1) is 0 Å². The van der Waals surface area contributed by atoms with Crippen LogP contribution in [0.2, 0.25) is 0 Å². The van der Waals surface area contributed by atoms with Crippen molar-refractivity contribution in [1.82, 2.24) is 5.32 Å². The van der Waals surface area contributed by atoms with Crippen LogP contribution >= 0.6 is 7.82 Å². The molecule has 0 aliphatic heterocycles. The van der Waals surface area contributed by atoms with E-state index in [0.717, 1.165) is 77.0 Å². The van der Waals surface area contributed by atoms with Gasteiger partial charge >= 0.3 is 7.82 Å². The van der Waals surface area contributed by atoms with Crippen molar-refractivity contribution < 1.29 is 32.9 Å². The van der Waals surface area contributed by atoms with E-state index >= 15 is 0 Å². The van der Waals surface area contributed by atoms with Crippen LogP contribution in [0.4, 0.5) is 0 Å². The fraction of sp³-hybridized carbons (Fsp3) is 0.738. The number of unbranched alkanes of at least 4 members (excludes halogenated alkanes) is 12. The summed E-state index contributed by atoms with van der Waals surface area (Å²) in [6.07, 6.45) is 42.5. The molecule has 0 saturated carbocycles. The van der Waals surface area contributed by atoms with E-state index in [4.69, 9.17) is 9.05 Å². The molecule has 51 heavy (non-hydrogen) atoms. The van der Waals surface area contributed by atoms with Crippen LogP contribution in [0.25, 0.3) is 0 Å². The Bertz CT molecular complexity index is 1020. The molecule has 0 saturated heterocycles. The second-order valence-corrected chi connectivity index (χ2v) is 16.1. The number of aliphatic hydroxyl groups is 1. The van der Waals surface area contributed by atoms with Crippen molar-refractivity contribution in [3.8, 4) is 0 Å². The van der Waals surface area contributed by atoms with E-state index in [1.165, 1.54) is 44.9 Å². The fourth-order valence-corrected chi connectivity index (χ4v) is 6.04. The van der Waals surface area contributed by atoms with Crippen molar-refractivity contribution in [2.75, 3.05) is 40.9 Å². The molecule has 0 aromatic carbocycles. The summed E-state index contributed by atoms with van der Waals surface area (Å²) in [7, 11) is 1.58. The molecule has 0 heterocycles. The first-order chi connectivity index (χ1) is 24.5. The number of hydrogen-bond acceptors (Lipinski definition) is 5. The van der Waals surface area contributed by atoms with E-state index in [2.05, 4.69) is 79.9 Å². The van der Waals surface area contributed by atoms with Crippen LogP contribution in [0.1, 0.15) is 149 Å². The standard InChI is InChI=1S/C42H77N2O6P/c1-6-8-10-12-14-16-18-19-20-21-22-23-24-25-26-28-30-32-34-36-42(46)43-40(39-50-51(47,48)49-38-37-44(3,4)5)41(45)35-33-31-29-27-17-15-13-11-9-7-2/h8,10,14,16,19-20,22-23,25-26,40-41,45H,6-7,9,11-13,15,17-18,21,24,27-39H2,1-5H3,(H-,43,46,47,48)/p+1/b10-8-,16-14-,20-19-,23-22-,26-25-. The van der Waals surface area contributed by atoms with Crippen molar-refractivity contribution in [1.29, 1.82) is 0 Å². The Morgan fingerprint density at radius 1 is 0.686 bits per heavy atom. The molecule has 3 N–H and O–H groups in total. The number of quaternary nitrogens is 1. The summed E-state index contributed by atoms with van der Waals surface area (Å²) in [5.74, 6) is -0.181. The highest BCUT2D eigenvalue weighted by molar-refractivity contribution is 7.47. The maximum Gasteiger partial charge on any atom is 0.472 e. The molecule has 1 amide bonds. The minimum Gasteiger partial charge on any atom is -0.391 e. The molecule has 9 heteroatoms. The minimum atomic E-state index is -4.32. The number of phosphoric ester groups is 1. The minimum absolute atomic E-state index is 0.0646. The van der Waals surface area contributed by atoms with Gasteiger partial charge in [-0.15, -0.1) is 0 Å². The highest BCUT2D eigenvalue weighted by Crippen LogP contribution is 2.43. The number of amides is 1. The van der Waals surface area contributed by atoms with E-state index in [1.54, 1.807) is 0 Å². The molecule has 3 unspecified atom stereocenters. The summed E-state index contributed by atoms with van der Waals surface area (Å²) in [6.45, 7) is 4.70. The van der Waals surface area contributed by atoms with Crippen molar-refractivity contribution in [2.45, 2.75) is 161 Å². The first-order valence-electron chi connectivity index (χ1n) is 20.2. The molecule has 0 aromatic heterocycles. The van der Waals surface area contributed by atoms with Gasteiger partial charge < -0.3 is 19.8 Å². The summed E-state index contributed by atoms with van der Waals surface area (Å²) < 4.78 is 23.5. The predicted octanol–water partition coefficient (Wildman–Crippen LogP) is 10.7. The number of rotatable bonds is 35. The quantitative estimate of drug-likeness (QED) is 0.0259. The molecule has 0 fully saturated rings. The third kappa shape index (κ3) is 36.4. The van der Waals surface area contributed by atoms with Crippen LogP contribution in [-0.2, 0) is 18.4 Å². The van der Waals surface area contributed by atoms with Crippen molar-refractivity contribution >= 4 is 13.7 Å². The third-order valence-corrected chi connectivity index (χ3v) is 9.51. The third-order valence-electron chi connectivity index (χ3n) is 8.53. The maximum atomic E-state index is 12.8. The van der Waals surface area contributed by atoms with Crippen LogP contribution < -0.4 is 5.32 Å². The van der Waals surface area contributed by atoms with Crippen molar-refractivity contribution in [3.05, 3.63) is 60.8 Å². The highest BCUT2D eigenvalue weighted by atomic mass is 31.2. The number of nitrogens with one attached hydrogen (secondary N) is 1. The van der Waals surface area contributed by atoms with Gasteiger partial charge in [0, 0.05) is 6.42 Å². The first-order valence-corrected chi connectivity index (χ1v) is 21.6. The SMILES string of the molecule is CC/C=C\C/C=C\C/C=C\C/C=C\C/C=C\CCCCCC(=O)NC(COP(=O)(O)OCC[N+](C)(C)C)C(O)CCCCCCCCCCCC. The number of carbonyl (C=O) groups excluding carboxylic acids is 1. The lowest BCUT2D eigenvalue weighted by Crippen LogP contribution is -2.46. The second-order valence-electron chi connectivity index (χ2n) is 14.6. The average Bonchev–Trinajstić information content (AvgIpc) is 3.07. The Kier molecular flexibility index (Phi) is 32.8. The topological polar surface area (TPSA) is 105 Å². The predicted molar refractivity (Wildman–Crippen MR) is 217 cm³/mol. The zero-order valence-electron chi connectivity index (χ0n) is 33.3. The van der Waals surface area contributed by atoms with Gasteiger partial charge in [0.25, 0.3) is 0 Å². The highest BCUT2D eigenvalue weighted by Gasteiger charge is 2.28. The molecule has 0 spiro atoms. The average molecular weight is 738 g/mol. The van der Waals surface area contributed by atoms with Crippen molar-refractivity contribution in [3.63, 3.8) is 0 Å². The van der Waals surface area contributed by atoms with Crippen LogP contribution in [0.15, 0.2) is 60.8 Å². The molecular formula is C42H78N2O6P+. The Morgan fingerprint density at radius 3 is 1.71 bits per heavy atom. The number of likely N-dealkylation sites (N-methyl/N-ethyl adjacent to an activating group) is 1. The van der Waals surface area contributed by atoms with Gasteiger partial charge in [-0.3, -0.25) is 13.8 Å². The van der Waals surface area contributed by atoms with Gasteiger partial charge in [-0.05, 0) is 57.8 Å². The number of hydrogen-bond donors (Lipinski definition) is 3. The molecule has 3 atom stereocenters. The molecule has 0 aromatic rings. The number of aliphatic hydroxyl groups excluding tert-OH is 1. The Morgan fingerprint density at radius 2 is 1.18 bits per heavy atom. The number of carbonyl (C=O) groups is 1. The summed E-state index contributed by atoms with van der Waals surface area (Å²) in [6, 6.07) is -0.778. The zero-order chi connectivity index (χ0) is 37.9. The Balaban J connectivity index is 4.47. The lowest BCUT2D eigenvalue weighted by Gasteiger charge is -2.26. The van der Waals surface area contributed by atoms with E-state index < -0.39 is 20.0 Å². The fourth-order valence-electron chi connectivity index (χ4n) is 5.30.